The molecule has 2 rings (SSSR count). The van der Waals surface area contributed by atoms with Crippen LogP contribution in [0.2, 0.25) is 5.02 Å². The Morgan fingerprint density at radius 1 is 1.48 bits per heavy atom. The third-order valence-electron chi connectivity index (χ3n) is 3.62. The van der Waals surface area contributed by atoms with E-state index in [4.69, 9.17) is 11.6 Å². The molecular formula is C14H20ClFN2O2S. The maximum absolute atomic E-state index is 13.2. The van der Waals surface area contributed by atoms with Gasteiger partial charge in [0.2, 0.25) is 10.0 Å². The number of hydrogen-bond acceptors (Lipinski definition) is 3. The van der Waals surface area contributed by atoms with E-state index in [1.807, 2.05) is 6.92 Å². The molecule has 7 heteroatoms. The summed E-state index contributed by atoms with van der Waals surface area (Å²) in [4.78, 5) is 0.0490. The van der Waals surface area contributed by atoms with Crippen molar-refractivity contribution in [3.8, 4) is 0 Å². The number of halogens is 2. The molecule has 118 valence electrons. The fraction of sp³-hybridized carbons (Fsp3) is 0.571. The van der Waals surface area contributed by atoms with Crippen LogP contribution in [0.4, 0.5) is 4.39 Å². The average molecular weight is 335 g/mol. The van der Waals surface area contributed by atoms with E-state index in [2.05, 4.69) is 5.32 Å². The molecule has 0 amide bonds. The van der Waals surface area contributed by atoms with Gasteiger partial charge in [0.1, 0.15) is 5.82 Å². The molecule has 0 spiro atoms. The highest BCUT2D eigenvalue weighted by molar-refractivity contribution is 7.89. The van der Waals surface area contributed by atoms with E-state index in [-0.39, 0.29) is 16.0 Å². The van der Waals surface area contributed by atoms with Gasteiger partial charge in [-0.3, -0.25) is 0 Å². The second-order valence-electron chi connectivity index (χ2n) is 5.19. The van der Waals surface area contributed by atoms with Crippen LogP contribution in [0.1, 0.15) is 26.2 Å². The maximum Gasteiger partial charge on any atom is 0.243 e. The summed E-state index contributed by atoms with van der Waals surface area (Å²) in [6.07, 6.45) is 2.51. The van der Waals surface area contributed by atoms with Gasteiger partial charge in [-0.1, -0.05) is 18.5 Å². The van der Waals surface area contributed by atoms with Crippen LogP contribution in [0.15, 0.2) is 23.1 Å². The highest BCUT2D eigenvalue weighted by atomic mass is 35.5. The van der Waals surface area contributed by atoms with Crippen molar-refractivity contribution in [1.29, 1.82) is 0 Å². The lowest BCUT2D eigenvalue weighted by Crippen LogP contribution is -2.48. The van der Waals surface area contributed by atoms with Gasteiger partial charge < -0.3 is 5.32 Å². The van der Waals surface area contributed by atoms with E-state index < -0.39 is 15.8 Å². The van der Waals surface area contributed by atoms with Crippen LogP contribution in [0.5, 0.6) is 0 Å². The zero-order valence-electron chi connectivity index (χ0n) is 12.0. The van der Waals surface area contributed by atoms with E-state index in [0.29, 0.717) is 13.1 Å². The van der Waals surface area contributed by atoms with Gasteiger partial charge in [0.05, 0.1) is 9.92 Å². The van der Waals surface area contributed by atoms with E-state index >= 15 is 0 Å². The summed E-state index contributed by atoms with van der Waals surface area (Å²) in [5.41, 5.74) is 0. The van der Waals surface area contributed by atoms with Crippen molar-refractivity contribution in [2.45, 2.75) is 37.1 Å². The van der Waals surface area contributed by atoms with Crippen LogP contribution in [0, 0.1) is 5.82 Å². The minimum atomic E-state index is -3.66. The molecule has 1 heterocycles. The number of hydrogen-bond donors (Lipinski definition) is 1. The molecule has 1 atom stereocenters. The Bertz CT molecular complexity index is 589. The Morgan fingerprint density at radius 2 is 2.24 bits per heavy atom. The zero-order valence-corrected chi connectivity index (χ0v) is 13.6. The van der Waals surface area contributed by atoms with Crippen molar-refractivity contribution in [2.75, 3.05) is 19.6 Å². The maximum atomic E-state index is 13.2. The Hall–Kier alpha value is -0.690. The van der Waals surface area contributed by atoms with E-state index in [0.717, 1.165) is 31.9 Å². The van der Waals surface area contributed by atoms with Gasteiger partial charge in [0.25, 0.3) is 0 Å². The second-order valence-corrected chi connectivity index (χ2v) is 7.49. The predicted molar refractivity (Wildman–Crippen MR) is 81.5 cm³/mol. The first-order valence-electron chi connectivity index (χ1n) is 7.14. The van der Waals surface area contributed by atoms with Crippen LogP contribution < -0.4 is 5.32 Å². The smallest absolute Gasteiger partial charge is 0.243 e. The number of nitrogens with zero attached hydrogens (tertiary/aromatic N) is 1. The molecule has 0 aliphatic carbocycles. The van der Waals surface area contributed by atoms with Gasteiger partial charge in [-0.05, 0) is 44.0 Å². The predicted octanol–water partition coefficient (Wildman–Crippen LogP) is 2.63. The molecule has 21 heavy (non-hydrogen) atoms. The number of rotatable bonds is 5. The summed E-state index contributed by atoms with van der Waals surface area (Å²) in [5, 5.41) is 3.05. The van der Waals surface area contributed by atoms with Crippen LogP contribution in [0.25, 0.3) is 0 Å². The highest BCUT2D eigenvalue weighted by Crippen LogP contribution is 2.25. The largest absolute Gasteiger partial charge is 0.315 e. The summed E-state index contributed by atoms with van der Waals surface area (Å²) >= 11 is 5.72. The molecule has 0 saturated carbocycles. The lowest BCUT2D eigenvalue weighted by Gasteiger charge is -2.33. The van der Waals surface area contributed by atoms with Gasteiger partial charge in [0, 0.05) is 19.1 Å². The fourth-order valence-electron chi connectivity index (χ4n) is 2.57. The minimum absolute atomic E-state index is 0.0490. The molecule has 1 aromatic carbocycles. The molecule has 0 bridgehead atoms. The lowest BCUT2D eigenvalue weighted by atomic mass is 10.1. The van der Waals surface area contributed by atoms with Crippen LogP contribution in [0.3, 0.4) is 0 Å². The van der Waals surface area contributed by atoms with E-state index in [9.17, 15) is 12.8 Å². The quantitative estimate of drug-likeness (QED) is 0.900. The van der Waals surface area contributed by atoms with Gasteiger partial charge >= 0.3 is 0 Å². The SMILES string of the molecule is CCCN(C1CCCNC1)S(=O)(=O)c1ccc(F)c(Cl)c1. The van der Waals surface area contributed by atoms with E-state index in [1.54, 1.807) is 0 Å². The minimum Gasteiger partial charge on any atom is -0.315 e. The highest BCUT2D eigenvalue weighted by Gasteiger charge is 2.32. The Kier molecular flexibility index (Phi) is 5.60. The average Bonchev–Trinajstić information content (AvgIpc) is 2.48. The standard InChI is InChI=1S/C14H20ClFN2O2S/c1-2-8-18(11-4-3-7-17-10-11)21(19,20)12-5-6-14(16)13(15)9-12/h5-6,9,11,17H,2-4,7-8,10H2,1H3. The Labute approximate surface area is 130 Å². The molecule has 0 radical (unpaired) electrons. The van der Waals surface area contributed by atoms with Crippen molar-refractivity contribution in [2.24, 2.45) is 0 Å². The lowest BCUT2D eigenvalue weighted by molar-refractivity contribution is 0.266. The molecule has 1 fully saturated rings. The van der Waals surface area contributed by atoms with Gasteiger partial charge in [0.15, 0.2) is 0 Å². The van der Waals surface area contributed by atoms with Gasteiger partial charge in [-0.25, -0.2) is 12.8 Å². The normalized spacial score (nSPS) is 19.9. The molecule has 1 aliphatic rings. The third kappa shape index (κ3) is 3.74. The third-order valence-corrected chi connectivity index (χ3v) is 5.86. The van der Waals surface area contributed by atoms with Crippen LogP contribution in [-0.4, -0.2) is 38.4 Å². The van der Waals surface area contributed by atoms with Crippen molar-refractivity contribution in [1.82, 2.24) is 9.62 Å². The molecule has 1 unspecified atom stereocenters. The summed E-state index contributed by atoms with van der Waals surface area (Å²) < 4.78 is 40.4. The molecule has 1 aromatic rings. The van der Waals surface area contributed by atoms with Crippen molar-refractivity contribution in [3.63, 3.8) is 0 Å². The van der Waals surface area contributed by atoms with Crippen molar-refractivity contribution in [3.05, 3.63) is 29.0 Å². The number of benzene rings is 1. The Morgan fingerprint density at radius 3 is 2.81 bits per heavy atom. The molecule has 1 N–H and O–H groups in total. The molecular weight excluding hydrogens is 315 g/mol. The Balaban J connectivity index is 2.34. The number of sulfonamides is 1. The topological polar surface area (TPSA) is 49.4 Å². The number of nitrogens with one attached hydrogen (secondary N) is 1. The summed E-state index contributed by atoms with van der Waals surface area (Å²) in [7, 11) is -3.66. The van der Waals surface area contributed by atoms with E-state index in [1.165, 1.54) is 16.4 Å². The molecule has 0 aromatic heterocycles. The molecule has 1 aliphatic heterocycles. The first kappa shape index (κ1) is 16.7. The van der Waals surface area contributed by atoms with Crippen LogP contribution >= 0.6 is 11.6 Å². The van der Waals surface area contributed by atoms with Crippen molar-refractivity contribution >= 4 is 21.6 Å². The summed E-state index contributed by atoms with van der Waals surface area (Å²) in [5.74, 6) is -0.614. The van der Waals surface area contributed by atoms with Gasteiger partial charge in [-0.15, -0.1) is 0 Å². The summed E-state index contributed by atoms with van der Waals surface area (Å²) in [6.45, 7) is 3.95. The molecule has 4 nitrogen and oxygen atoms in total. The van der Waals surface area contributed by atoms with Gasteiger partial charge in [-0.2, -0.15) is 4.31 Å². The fourth-order valence-corrected chi connectivity index (χ4v) is 4.59. The monoisotopic (exact) mass is 334 g/mol. The second kappa shape index (κ2) is 7.05. The molecule has 1 saturated heterocycles. The zero-order chi connectivity index (χ0) is 15.5. The summed E-state index contributed by atoms with van der Waals surface area (Å²) in [6, 6.07) is 3.49. The van der Waals surface area contributed by atoms with Crippen LogP contribution in [-0.2, 0) is 10.0 Å². The number of piperidine rings is 1. The first-order chi connectivity index (χ1) is 9.96. The van der Waals surface area contributed by atoms with Crippen molar-refractivity contribution < 1.29 is 12.8 Å². The first-order valence-corrected chi connectivity index (χ1v) is 8.96.